The van der Waals surface area contributed by atoms with Crippen molar-refractivity contribution in [1.82, 2.24) is 0 Å². The van der Waals surface area contributed by atoms with Crippen molar-refractivity contribution in [3.63, 3.8) is 0 Å². The standard InChI is InChI=1S/C7H6O2.Mg/c8-7(9)6-4-2-1-3-5-6;/h1-5H,(H,8,9);/q;+2/p-1. The molecule has 0 aromatic heterocycles. The molecule has 46 valence electrons. The summed E-state index contributed by atoms with van der Waals surface area (Å²) in [5.41, 5.74) is 0.220. The van der Waals surface area contributed by atoms with Crippen LogP contribution in [0, 0.1) is 0 Å². The molecule has 1 aromatic rings. The maximum absolute atomic E-state index is 10.1. The fourth-order valence-corrected chi connectivity index (χ4v) is 0.574. The monoisotopic (exact) mass is 145 g/mol. The van der Waals surface area contributed by atoms with E-state index in [2.05, 4.69) is 0 Å². The molecule has 0 saturated heterocycles. The number of carbonyl (C=O) groups is 1. The molecule has 0 aliphatic heterocycles. The molecule has 0 heterocycles. The van der Waals surface area contributed by atoms with Crippen LogP contribution in [0.1, 0.15) is 10.4 Å². The average molecular weight is 145 g/mol. The molecule has 0 unspecified atom stereocenters. The van der Waals surface area contributed by atoms with Crippen molar-refractivity contribution in [2.45, 2.75) is 0 Å². The Morgan fingerprint density at radius 2 is 1.70 bits per heavy atom. The number of hydrogen-bond donors (Lipinski definition) is 0. The van der Waals surface area contributed by atoms with Gasteiger partial charge in [0, 0.05) is 0 Å². The first-order valence-corrected chi connectivity index (χ1v) is 2.57. The maximum atomic E-state index is 10.1. The zero-order chi connectivity index (χ0) is 6.69. The first kappa shape index (κ1) is 9.46. The number of aromatic carboxylic acids is 1. The van der Waals surface area contributed by atoms with Gasteiger partial charge >= 0.3 is 23.1 Å². The zero-order valence-electron chi connectivity index (χ0n) is 5.41. The van der Waals surface area contributed by atoms with E-state index < -0.39 is 5.97 Å². The molecular formula is C7H5MgO2+. The van der Waals surface area contributed by atoms with Gasteiger partial charge in [-0.05, 0) is 5.56 Å². The summed E-state index contributed by atoms with van der Waals surface area (Å²) in [6, 6.07) is 8.06. The van der Waals surface area contributed by atoms with Crippen LogP contribution in [0.15, 0.2) is 30.3 Å². The van der Waals surface area contributed by atoms with Gasteiger partial charge in [-0.2, -0.15) is 0 Å². The maximum Gasteiger partial charge on any atom is 2.00 e. The molecule has 0 aliphatic carbocycles. The number of rotatable bonds is 1. The van der Waals surface area contributed by atoms with Crippen LogP contribution in [0.25, 0.3) is 0 Å². The molecule has 0 saturated carbocycles. The van der Waals surface area contributed by atoms with Gasteiger partial charge in [-0.3, -0.25) is 0 Å². The van der Waals surface area contributed by atoms with Gasteiger partial charge in [-0.25, -0.2) is 0 Å². The normalized spacial score (nSPS) is 8.00. The molecule has 3 heteroatoms. The molecule has 1 aromatic carbocycles. The Morgan fingerprint density at radius 3 is 2.00 bits per heavy atom. The van der Waals surface area contributed by atoms with Gasteiger partial charge in [-0.1, -0.05) is 30.3 Å². The molecular weight excluding hydrogens is 140 g/mol. The summed E-state index contributed by atoms with van der Waals surface area (Å²) >= 11 is 0. The topological polar surface area (TPSA) is 40.1 Å². The summed E-state index contributed by atoms with van der Waals surface area (Å²) in [7, 11) is 0. The van der Waals surface area contributed by atoms with E-state index in [-0.39, 0.29) is 28.6 Å². The first-order valence-electron chi connectivity index (χ1n) is 2.57. The van der Waals surface area contributed by atoms with Crippen LogP contribution in [0.5, 0.6) is 0 Å². The SMILES string of the molecule is O=C([O-])c1ccccc1.[Mg+2]. The molecule has 0 amide bonds. The Balaban J connectivity index is 0.000000810. The molecule has 0 radical (unpaired) electrons. The summed E-state index contributed by atoms with van der Waals surface area (Å²) in [6.45, 7) is 0. The van der Waals surface area contributed by atoms with E-state index in [4.69, 9.17) is 0 Å². The third-order valence-corrected chi connectivity index (χ3v) is 1.01. The molecule has 2 nitrogen and oxygen atoms in total. The van der Waals surface area contributed by atoms with E-state index >= 15 is 0 Å². The molecule has 0 bridgehead atoms. The number of carboxylic acid groups (broad SMARTS) is 1. The number of benzene rings is 1. The van der Waals surface area contributed by atoms with Gasteiger partial charge in [0.15, 0.2) is 0 Å². The van der Waals surface area contributed by atoms with Gasteiger partial charge in [0.05, 0.1) is 5.97 Å². The molecule has 10 heavy (non-hydrogen) atoms. The van der Waals surface area contributed by atoms with Gasteiger partial charge in [0.2, 0.25) is 0 Å². The largest absolute Gasteiger partial charge is 2.00 e. The third-order valence-electron chi connectivity index (χ3n) is 1.01. The summed E-state index contributed by atoms with van der Waals surface area (Å²) in [5, 5.41) is 10.1. The Kier molecular flexibility index (Phi) is 4.07. The third kappa shape index (κ3) is 2.37. The van der Waals surface area contributed by atoms with Crippen LogP contribution in [0.3, 0.4) is 0 Å². The van der Waals surface area contributed by atoms with Gasteiger partial charge in [0.25, 0.3) is 0 Å². The molecule has 0 atom stereocenters. The van der Waals surface area contributed by atoms with Crippen LogP contribution in [0.2, 0.25) is 0 Å². The van der Waals surface area contributed by atoms with Gasteiger partial charge in [0.1, 0.15) is 0 Å². The van der Waals surface area contributed by atoms with Crippen LogP contribution in [-0.4, -0.2) is 29.0 Å². The first-order chi connectivity index (χ1) is 4.30. The second-order valence-corrected chi connectivity index (χ2v) is 1.65. The van der Waals surface area contributed by atoms with Gasteiger partial charge < -0.3 is 9.90 Å². The van der Waals surface area contributed by atoms with Crippen molar-refractivity contribution >= 4 is 29.0 Å². The van der Waals surface area contributed by atoms with E-state index in [0.29, 0.717) is 0 Å². The van der Waals surface area contributed by atoms with Gasteiger partial charge in [-0.15, -0.1) is 0 Å². The Hall–Kier alpha value is -0.544. The minimum atomic E-state index is -1.13. The Labute approximate surface area is 75.0 Å². The van der Waals surface area contributed by atoms with Crippen molar-refractivity contribution in [2.24, 2.45) is 0 Å². The predicted octanol–water partition coefficient (Wildman–Crippen LogP) is -0.331. The Bertz CT molecular complexity index is 208. The van der Waals surface area contributed by atoms with E-state index in [9.17, 15) is 9.90 Å². The van der Waals surface area contributed by atoms with Crippen molar-refractivity contribution in [3.05, 3.63) is 35.9 Å². The number of carboxylic acids is 1. The van der Waals surface area contributed by atoms with E-state index in [1.165, 1.54) is 12.1 Å². The smallest absolute Gasteiger partial charge is 0.545 e. The fourth-order valence-electron chi connectivity index (χ4n) is 0.574. The minimum absolute atomic E-state index is 0. The van der Waals surface area contributed by atoms with Crippen molar-refractivity contribution in [1.29, 1.82) is 0 Å². The van der Waals surface area contributed by atoms with Crippen LogP contribution in [0.4, 0.5) is 0 Å². The fraction of sp³-hybridized carbons (Fsp3) is 0. The molecule has 0 N–H and O–H groups in total. The van der Waals surface area contributed by atoms with Crippen LogP contribution < -0.4 is 5.11 Å². The molecule has 1 rings (SSSR count). The summed E-state index contributed by atoms with van der Waals surface area (Å²) < 4.78 is 0. The number of hydrogen-bond acceptors (Lipinski definition) is 2. The predicted molar refractivity (Wildman–Crippen MR) is 36.5 cm³/mol. The van der Waals surface area contributed by atoms with Crippen LogP contribution >= 0.6 is 0 Å². The quantitative estimate of drug-likeness (QED) is 0.508. The number of carbonyl (C=O) groups excluding carboxylic acids is 1. The zero-order valence-corrected chi connectivity index (χ0v) is 6.82. The second kappa shape index (κ2) is 4.30. The Morgan fingerprint density at radius 1 is 1.20 bits per heavy atom. The van der Waals surface area contributed by atoms with Crippen molar-refractivity contribution < 1.29 is 9.90 Å². The molecule has 0 aliphatic rings. The van der Waals surface area contributed by atoms with E-state index in [0.717, 1.165) is 0 Å². The summed E-state index contributed by atoms with van der Waals surface area (Å²) in [5.74, 6) is -1.13. The second-order valence-electron chi connectivity index (χ2n) is 1.65. The van der Waals surface area contributed by atoms with E-state index in [1.807, 2.05) is 0 Å². The average Bonchev–Trinajstić information content (AvgIpc) is 1.90. The summed E-state index contributed by atoms with van der Waals surface area (Å²) in [4.78, 5) is 10.1. The minimum Gasteiger partial charge on any atom is -0.545 e. The van der Waals surface area contributed by atoms with Crippen molar-refractivity contribution in [3.8, 4) is 0 Å². The van der Waals surface area contributed by atoms with E-state index in [1.54, 1.807) is 18.2 Å². The van der Waals surface area contributed by atoms with Crippen molar-refractivity contribution in [2.75, 3.05) is 0 Å². The summed E-state index contributed by atoms with van der Waals surface area (Å²) in [6.07, 6.45) is 0. The van der Waals surface area contributed by atoms with Crippen LogP contribution in [-0.2, 0) is 0 Å². The molecule has 0 spiro atoms. The molecule has 0 fully saturated rings.